The number of carboxylic acids is 1. The lowest BCUT2D eigenvalue weighted by Gasteiger charge is -2.39. The van der Waals surface area contributed by atoms with E-state index in [4.69, 9.17) is 5.11 Å². The number of carboxylic acid groups (broad SMARTS) is 1. The Bertz CT molecular complexity index is 242. The van der Waals surface area contributed by atoms with Crippen LogP contribution in [-0.2, 0) is 4.79 Å². The first-order chi connectivity index (χ1) is 7.16. The SMILES string of the molecule is CC1CCCC(NC2CCC2C(=O)O)C1. The third-order valence-corrected chi connectivity index (χ3v) is 3.98. The van der Waals surface area contributed by atoms with Gasteiger partial charge in [0, 0.05) is 12.1 Å². The zero-order chi connectivity index (χ0) is 10.8. The van der Waals surface area contributed by atoms with Crippen LogP contribution in [0, 0.1) is 11.8 Å². The number of rotatable bonds is 3. The molecule has 2 saturated carbocycles. The summed E-state index contributed by atoms with van der Waals surface area (Å²) in [5.41, 5.74) is 0. The van der Waals surface area contributed by atoms with Crippen LogP contribution >= 0.6 is 0 Å². The summed E-state index contributed by atoms with van der Waals surface area (Å²) in [6.45, 7) is 2.29. The van der Waals surface area contributed by atoms with Crippen molar-refractivity contribution < 1.29 is 9.90 Å². The molecule has 4 unspecified atom stereocenters. The summed E-state index contributed by atoms with van der Waals surface area (Å²) in [5.74, 6) is 0.0597. The fraction of sp³-hybridized carbons (Fsp3) is 0.917. The summed E-state index contributed by atoms with van der Waals surface area (Å²) in [4.78, 5) is 10.9. The van der Waals surface area contributed by atoms with E-state index in [1.54, 1.807) is 0 Å². The minimum atomic E-state index is -0.623. The summed E-state index contributed by atoms with van der Waals surface area (Å²) in [6, 6.07) is 0.818. The molecule has 0 aromatic heterocycles. The van der Waals surface area contributed by atoms with Gasteiger partial charge in [0.05, 0.1) is 5.92 Å². The normalized spacial score (nSPS) is 40.9. The second kappa shape index (κ2) is 4.52. The summed E-state index contributed by atoms with van der Waals surface area (Å²) < 4.78 is 0. The fourth-order valence-electron chi connectivity index (χ4n) is 2.88. The molecule has 2 fully saturated rings. The van der Waals surface area contributed by atoms with E-state index in [0.29, 0.717) is 6.04 Å². The Morgan fingerprint density at radius 3 is 2.60 bits per heavy atom. The van der Waals surface area contributed by atoms with Crippen molar-refractivity contribution in [1.29, 1.82) is 0 Å². The monoisotopic (exact) mass is 211 g/mol. The Hall–Kier alpha value is -0.570. The molecule has 2 aliphatic rings. The number of hydrogen-bond acceptors (Lipinski definition) is 2. The summed E-state index contributed by atoms with van der Waals surface area (Å²) >= 11 is 0. The molecule has 0 heterocycles. The first kappa shape index (κ1) is 10.9. The predicted octanol–water partition coefficient (Wildman–Crippen LogP) is 2.02. The molecule has 2 N–H and O–H groups in total. The van der Waals surface area contributed by atoms with Gasteiger partial charge in [-0.1, -0.05) is 19.8 Å². The van der Waals surface area contributed by atoms with E-state index in [1.807, 2.05) is 0 Å². The minimum absolute atomic E-state index is 0.123. The highest BCUT2D eigenvalue weighted by atomic mass is 16.4. The van der Waals surface area contributed by atoms with E-state index >= 15 is 0 Å². The molecule has 86 valence electrons. The number of aliphatic carboxylic acids is 1. The molecule has 0 amide bonds. The Morgan fingerprint density at radius 1 is 1.27 bits per heavy atom. The van der Waals surface area contributed by atoms with Crippen molar-refractivity contribution in [1.82, 2.24) is 5.32 Å². The van der Waals surface area contributed by atoms with Gasteiger partial charge in [-0.15, -0.1) is 0 Å². The molecule has 0 bridgehead atoms. The molecule has 3 heteroatoms. The maximum atomic E-state index is 10.9. The van der Waals surface area contributed by atoms with Crippen LogP contribution in [0.25, 0.3) is 0 Å². The second-order valence-electron chi connectivity index (χ2n) is 5.26. The first-order valence-corrected chi connectivity index (χ1v) is 6.15. The number of nitrogens with one attached hydrogen (secondary N) is 1. The third-order valence-electron chi connectivity index (χ3n) is 3.98. The maximum absolute atomic E-state index is 10.9. The molecule has 0 aromatic rings. The van der Waals surface area contributed by atoms with Gasteiger partial charge in [0.15, 0.2) is 0 Å². The van der Waals surface area contributed by atoms with Crippen LogP contribution < -0.4 is 5.32 Å². The van der Waals surface area contributed by atoms with E-state index < -0.39 is 5.97 Å². The molecule has 2 aliphatic carbocycles. The van der Waals surface area contributed by atoms with Crippen molar-refractivity contribution in [3.05, 3.63) is 0 Å². The number of carbonyl (C=O) groups is 1. The van der Waals surface area contributed by atoms with Crippen molar-refractivity contribution >= 4 is 5.97 Å². The highest BCUT2D eigenvalue weighted by molar-refractivity contribution is 5.72. The summed E-state index contributed by atoms with van der Waals surface area (Å²) in [5, 5.41) is 12.5. The highest BCUT2D eigenvalue weighted by Crippen LogP contribution is 2.31. The lowest BCUT2D eigenvalue weighted by Crippen LogP contribution is -2.52. The molecule has 0 radical (unpaired) electrons. The molecule has 4 atom stereocenters. The summed E-state index contributed by atoms with van der Waals surface area (Å²) in [7, 11) is 0. The zero-order valence-corrected chi connectivity index (χ0v) is 9.41. The van der Waals surface area contributed by atoms with Gasteiger partial charge in [-0.05, 0) is 31.6 Å². The minimum Gasteiger partial charge on any atom is -0.481 e. The van der Waals surface area contributed by atoms with Gasteiger partial charge in [-0.25, -0.2) is 0 Å². The second-order valence-corrected chi connectivity index (χ2v) is 5.26. The van der Waals surface area contributed by atoms with Gasteiger partial charge < -0.3 is 10.4 Å². The van der Waals surface area contributed by atoms with E-state index in [1.165, 1.54) is 25.7 Å². The van der Waals surface area contributed by atoms with Crippen LogP contribution in [0.15, 0.2) is 0 Å². The van der Waals surface area contributed by atoms with Gasteiger partial charge in [-0.3, -0.25) is 4.79 Å². The first-order valence-electron chi connectivity index (χ1n) is 6.15. The standard InChI is InChI=1S/C12H21NO2/c1-8-3-2-4-9(7-8)13-11-6-5-10(11)12(14)15/h8-11,13H,2-7H2,1H3,(H,14,15). The quantitative estimate of drug-likeness (QED) is 0.751. The van der Waals surface area contributed by atoms with Gasteiger partial charge in [0.1, 0.15) is 0 Å². The van der Waals surface area contributed by atoms with Crippen molar-refractivity contribution in [2.24, 2.45) is 11.8 Å². The molecule has 15 heavy (non-hydrogen) atoms. The molecule has 0 spiro atoms. The van der Waals surface area contributed by atoms with Crippen LogP contribution in [0.4, 0.5) is 0 Å². The molecule has 0 saturated heterocycles. The van der Waals surface area contributed by atoms with E-state index in [9.17, 15) is 4.79 Å². The summed E-state index contributed by atoms with van der Waals surface area (Å²) in [6.07, 6.45) is 6.99. The molecule has 3 nitrogen and oxygen atoms in total. The maximum Gasteiger partial charge on any atom is 0.308 e. The molecular formula is C12H21NO2. The van der Waals surface area contributed by atoms with Crippen molar-refractivity contribution in [3.63, 3.8) is 0 Å². The highest BCUT2D eigenvalue weighted by Gasteiger charge is 2.37. The Labute approximate surface area is 91.2 Å². The van der Waals surface area contributed by atoms with Crippen LogP contribution in [0.1, 0.15) is 45.4 Å². The Balaban J connectivity index is 1.79. The lowest BCUT2D eigenvalue weighted by molar-refractivity contribution is -0.146. The molecule has 2 rings (SSSR count). The average molecular weight is 211 g/mol. The Morgan fingerprint density at radius 2 is 2.07 bits per heavy atom. The van der Waals surface area contributed by atoms with E-state index in [2.05, 4.69) is 12.2 Å². The van der Waals surface area contributed by atoms with Gasteiger partial charge in [0.2, 0.25) is 0 Å². The predicted molar refractivity (Wildman–Crippen MR) is 58.7 cm³/mol. The largest absolute Gasteiger partial charge is 0.481 e. The van der Waals surface area contributed by atoms with Gasteiger partial charge >= 0.3 is 5.97 Å². The zero-order valence-electron chi connectivity index (χ0n) is 9.41. The van der Waals surface area contributed by atoms with Crippen LogP contribution in [0.3, 0.4) is 0 Å². The van der Waals surface area contributed by atoms with E-state index in [-0.39, 0.29) is 12.0 Å². The third kappa shape index (κ3) is 2.51. The van der Waals surface area contributed by atoms with Gasteiger partial charge in [0.25, 0.3) is 0 Å². The van der Waals surface area contributed by atoms with Crippen molar-refractivity contribution in [2.75, 3.05) is 0 Å². The van der Waals surface area contributed by atoms with Crippen LogP contribution in [0.2, 0.25) is 0 Å². The Kier molecular flexibility index (Phi) is 3.29. The topological polar surface area (TPSA) is 49.3 Å². The smallest absolute Gasteiger partial charge is 0.308 e. The molecular weight excluding hydrogens is 190 g/mol. The average Bonchev–Trinajstić information content (AvgIpc) is 2.11. The van der Waals surface area contributed by atoms with Gasteiger partial charge in [-0.2, -0.15) is 0 Å². The fourth-order valence-corrected chi connectivity index (χ4v) is 2.88. The number of hydrogen-bond donors (Lipinski definition) is 2. The van der Waals surface area contributed by atoms with Crippen LogP contribution in [0.5, 0.6) is 0 Å². The van der Waals surface area contributed by atoms with E-state index in [0.717, 1.165) is 18.8 Å². The molecule has 0 aliphatic heterocycles. The van der Waals surface area contributed by atoms with Crippen molar-refractivity contribution in [2.45, 2.75) is 57.5 Å². The van der Waals surface area contributed by atoms with Crippen LogP contribution in [-0.4, -0.2) is 23.2 Å². The van der Waals surface area contributed by atoms with Crippen molar-refractivity contribution in [3.8, 4) is 0 Å². The molecule has 0 aromatic carbocycles. The lowest BCUT2D eigenvalue weighted by atomic mass is 9.78.